The second kappa shape index (κ2) is 12.5. The van der Waals surface area contributed by atoms with Crippen LogP contribution in [0.15, 0.2) is 0 Å². The topological polar surface area (TPSA) is 44.4 Å². The van der Waals surface area contributed by atoms with E-state index in [1.54, 1.807) is 0 Å². The molecule has 1 amide bonds. The molecule has 1 aliphatic carbocycles. The summed E-state index contributed by atoms with van der Waals surface area (Å²) in [6.07, 6.45) is 9.22. The van der Waals surface area contributed by atoms with Crippen LogP contribution < -0.4 is 10.6 Å². The Hall–Kier alpha value is -0.0300. The molecule has 1 saturated heterocycles. The van der Waals surface area contributed by atoms with Crippen molar-refractivity contribution < 1.29 is 4.79 Å². The van der Waals surface area contributed by atoms with Crippen molar-refractivity contribution in [2.24, 2.45) is 5.92 Å². The third-order valence-corrected chi connectivity index (χ3v) is 4.09. The van der Waals surface area contributed by atoms with Gasteiger partial charge < -0.3 is 15.5 Å². The van der Waals surface area contributed by atoms with Crippen LogP contribution in [0.5, 0.6) is 0 Å². The number of rotatable bonds is 8. The predicted molar refractivity (Wildman–Crippen MR) is 92.6 cm³/mol. The maximum Gasteiger partial charge on any atom is 0.233 e. The second-order valence-electron chi connectivity index (χ2n) is 6.03. The van der Waals surface area contributed by atoms with Gasteiger partial charge in [-0.25, -0.2) is 0 Å². The highest BCUT2D eigenvalue weighted by atomic mass is 35.5. The highest BCUT2D eigenvalue weighted by molar-refractivity contribution is 5.85. The third-order valence-electron chi connectivity index (χ3n) is 4.09. The molecule has 4 nitrogen and oxygen atoms in total. The lowest BCUT2D eigenvalue weighted by molar-refractivity contribution is -0.120. The lowest BCUT2D eigenvalue weighted by Crippen LogP contribution is -2.36. The third kappa shape index (κ3) is 10.3. The van der Waals surface area contributed by atoms with E-state index in [1.807, 2.05) is 0 Å². The van der Waals surface area contributed by atoms with Gasteiger partial charge in [-0.3, -0.25) is 4.79 Å². The number of halogens is 2. The predicted octanol–water partition coefficient (Wildman–Crippen LogP) is 2.21. The van der Waals surface area contributed by atoms with E-state index in [4.69, 9.17) is 0 Å². The van der Waals surface area contributed by atoms with Crippen molar-refractivity contribution in [2.45, 2.75) is 44.9 Å². The van der Waals surface area contributed by atoms with Gasteiger partial charge in [0.25, 0.3) is 0 Å². The molecule has 2 fully saturated rings. The number of nitrogens with zero attached hydrogens (tertiary/aromatic N) is 1. The number of carbonyl (C=O) groups is 1. The number of hydrogen-bond donors (Lipinski definition) is 2. The summed E-state index contributed by atoms with van der Waals surface area (Å²) < 4.78 is 0. The molecule has 2 aliphatic rings. The van der Waals surface area contributed by atoms with Gasteiger partial charge >= 0.3 is 0 Å². The van der Waals surface area contributed by atoms with Gasteiger partial charge in [-0.1, -0.05) is 12.8 Å². The highest BCUT2D eigenvalue weighted by Crippen LogP contribution is 2.27. The zero-order chi connectivity index (χ0) is 13.3. The summed E-state index contributed by atoms with van der Waals surface area (Å²) in [6.45, 7) is 5.95. The molecule has 0 aromatic rings. The first-order chi connectivity index (χ1) is 9.34. The first kappa shape index (κ1) is 21.0. The summed E-state index contributed by atoms with van der Waals surface area (Å²) in [4.78, 5) is 14.1. The van der Waals surface area contributed by atoms with Crippen molar-refractivity contribution in [3.05, 3.63) is 0 Å². The molecule has 0 bridgehead atoms. The van der Waals surface area contributed by atoms with Gasteiger partial charge in [-0.05, 0) is 64.2 Å². The van der Waals surface area contributed by atoms with Crippen LogP contribution in [-0.2, 0) is 4.79 Å². The molecular weight excluding hydrogens is 309 g/mol. The average Bonchev–Trinajstić information content (AvgIpc) is 3.22. The van der Waals surface area contributed by atoms with Crippen LogP contribution >= 0.6 is 24.8 Å². The maximum absolute atomic E-state index is 11.6. The molecule has 21 heavy (non-hydrogen) atoms. The van der Waals surface area contributed by atoms with E-state index in [0.29, 0.717) is 6.54 Å². The van der Waals surface area contributed by atoms with Crippen molar-refractivity contribution in [1.82, 2.24) is 15.5 Å². The van der Waals surface area contributed by atoms with Crippen LogP contribution in [0.2, 0.25) is 0 Å². The van der Waals surface area contributed by atoms with Gasteiger partial charge in [-0.15, -0.1) is 24.8 Å². The van der Waals surface area contributed by atoms with E-state index in [-0.39, 0.29) is 30.7 Å². The molecular formula is C15H31Cl2N3O. The van der Waals surface area contributed by atoms with Crippen LogP contribution in [0.25, 0.3) is 0 Å². The average molecular weight is 340 g/mol. The molecule has 1 aliphatic heterocycles. The fourth-order valence-electron chi connectivity index (χ4n) is 2.66. The fourth-order valence-corrected chi connectivity index (χ4v) is 2.66. The smallest absolute Gasteiger partial charge is 0.233 e. The Labute approximate surface area is 141 Å². The van der Waals surface area contributed by atoms with Gasteiger partial charge in [0, 0.05) is 6.54 Å². The van der Waals surface area contributed by atoms with Crippen molar-refractivity contribution >= 4 is 30.7 Å². The van der Waals surface area contributed by atoms with Gasteiger partial charge in [0.05, 0.1) is 6.54 Å². The molecule has 1 saturated carbocycles. The zero-order valence-corrected chi connectivity index (χ0v) is 14.6. The van der Waals surface area contributed by atoms with E-state index in [1.165, 1.54) is 51.6 Å². The van der Waals surface area contributed by atoms with Crippen molar-refractivity contribution in [1.29, 1.82) is 0 Å². The Balaban J connectivity index is 0.00000200. The molecule has 0 unspecified atom stereocenters. The Morgan fingerprint density at radius 1 is 1.05 bits per heavy atom. The Morgan fingerprint density at radius 2 is 1.71 bits per heavy atom. The lowest BCUT2D eigenvalue weighted by Gasteiger charge is -2.19. The van der Waals surface area contributed by atoms with Gasteiger partial charge in [-0.2, -0.15) is 0 Å². The van der Waals surface area contributed by atoms with Gasteiger partial charge in [0.15, 0.2) is 0 Å². The highest BCUT2D eigenvalue weighted by Gasteiger charge is 2.20. The minimum atomic E-state index is 0. The van der Waals surface area contributed by atoms with Gasteiger partial charge in [0.1, 0.15) is 0 Å². The van der Waals surface area contributed by atoms with Crippen LogP contribution in [0.3, 0.4) is 0 Å². The van der Waals surface area contributed by atoms with E-state index >= 15 is 0 Å². The molecule has 126 valence electrons. The quantitative estimate of drug-likeness (QED) is 0.666. The van der Waals surface area contributed by atoms with Crippen molar-refractivity contribution in [2.75, 3.05) is 39.3 Å². The van der Waals surface area contributed by atoms with Crippen LogP contribution in [0, 0.1) is 5.92 Å². The standard InChI is InChI=1S/C15H29N3O.2ClH/c19-15(13-16-12-14-6-7-14)17-8-5-11-18-9-3-1-2-4-10-18;;/h14,16H,1-13H2,(H,17,19);2*1H. The first-order valence-electron chi connectivity index (χ1n) is 8.04. The largest absolute Gasteiger partial charge is 0.355 e. The normalized spacial score (nSPS) is 19.0. The summed E-state index contributed by atoms with van der Waals surface area (Å²) in [6, 6.07) is 0. The number of likely N-dealkylation sites (tertiary alicyclic amines) is 1. The van der Waals surface area contributed by atoms with Crippen molar-refractivity contribution in [3.63, 3.8) is 0 Å². The number of hydrogen-bond acceptors (Lipinski definition) is 3. The van der Waals surface area contributed by atoms with E-state index in [9.17, 15) is 4.79 Å². The van der Waals surface area contributed by atoms with E-state index < -0.39 is 0 Å². The second-order valence-corrected chi connectivity index (χ2v) is 6.03. The minimum Gasteiger partial charge on any atom is -0.355 e. The van der Waals surface area contributed by atoms with Crippen LogP contribution in [0.4, 0.5) is 0 Å². The van der Waals surface area contributed by atoms with E-state index in [0.717, 1.165) is 32.0 Å². The van der Waals surface area contributed by atoms with Crippen LogP contribution in [-0.4, -0.2) is 50.1 Å². The van der Waals surface area contributed by atoms with Crippen LogP contribution in [0.1, 0.15) is 44.9 Å². The van der Waals surface area contributed by atoms with E-state index in [2.05, 4.69) is 15.5 Å². The lowest BCUT2D eigenvalue weighted by atomic mass is 10.2. The monoisotopic (exact) mass is 339 g/mol. The summed E-state index contributed by atoms with van der Waals surface area (Å²) in [5.74, 6) is 0.993. The maximum atomic E-state index is 11.6. The summed E-state index contributed by atoms with van der Waals surface area (Å²) in [5.41, 5.74) is 0. The Morgan fingerprint density at radius 3 is 2.33 bits per heavy atom. The number of amides is 1. The first-order valence-corrected chi connectivity index (χ1v) is 8.04. The molecule has 2 N–H and O–H groups in total. The van der Waals surface area contributed by atoms with Gasteiger partial charge in [0.2, 0.25) is 5.91 Å². The molecule has 6 heteroatoms. The summed E-state index contributed by atoms with van der Waals surface area (Å²) >= 11 is 0. The number of carbonyl (C=O) groups excluding carboxylic acids is 1. The molecule has 0 spiro atoms. The SMILES string of the molecule is Cl.Cl.O=C(CNCC1CC1)NCCCN1CCCCCC1. The number of nitrogens with one attached hydrogen (secondary N) is 2. The fraction of sp³-hybridized carbons (Fsp3) is 0.933. The zero-order valence-electron chi connectivity index (χ0n) is 12.9. The molecule has 0 radical (unpaired) electrons. The molecule has 0 aromatic heterocycles. The van der Waals surface area contributed by atoms with Crippen molar-refractivity contribution in [3.8, 4) is 0 Å². The molecule has 0 aromatic carbocycles. The molecule has 2 rings (SSSR count). The molecule has 0 atom stereocenters. The Bertz CT molecular complexity index is 268. The minimum absolute atomic E-state index is 0. The molecule has 1 heterocycles. The summed E-state index contributed by atoms with van der Waals surface area (Å²) in [5, 5.41) is 6.23. The summed E-state index contributed by atoms with van der Waals surface area (Å²) in [7, 11) is 0. The Kier molecular flexibility index (Phi) is 12.5.